The van der Waals surface area contributed by atoms with E-state index in [1.807, 2.05) is 11.3 Å². The lowest BCUT2D eigenvalue weighted by Gasteiger charge is -2.40. The third-order valence-electron chi connectivity index (χ3n) is 11.9. The normalized spacial score (nSPS) is 12.5. The molecule has 0 atom stereocenters. The molecule has 3 nitrogen and oxygen atoms in total. The average molecular weight is 771 g/mol. The summed E-state index contributed by atoms with van der Waals surface area (Å²) in [5, 5.41) is 2.46. The van der Waals surface area contributed by atoms with Gasteiger partial charge >= 0.3 is 0 Å². The first-order valence-corrected chi connectivity index (χ1v) is 20.9. The standard InChI is InChI=1S/C54H35BN2OS/c1-5-15-36(16-6-1)38-19-13-24-42(33-38)57-48-25-14-26-50-52(48)55(46-31-27-39(34-49(46)57)37-17-7-2-8-18-37)47-32-30-45-44-29-28-43(35-51(44)59-54(45)53(47)58-50)56(40-20-9-3-10-21-40)41-22-11-4-12-23-41/h1-35H. The Morgan fingerprint density at radius 3 is 1.76 bits per heavy atom. The summed E-state index contributed by atoms with van der Waals surface area (Å²) in [6, 6.07) is 76.6. The van der Waals surface area contributed by atoms with E-state index in [1.54, 1.807) is 0 Å². The van der Waals surface area contributed by atoms with Gasteiger partial charge in [-0.1, -0.05) is 146 Å². The molecule has 0 bridgehead atoms. The van der Waals surface area contributed by atoms with Gasteiger partial charge in [-0.3, -0.25) is 0 Å². The fourth-order valence-corrected chi connectivity index (χ4v) is 10.5. The van der Waals surface area contributed by atoms with Crippen molar-refractivity contribution in [2.45, 2.75) is 0 Å². The number of ether oxygens (including phenoxy) is 1. The highest BCUT2D eigenvalue weighted by Crippen LogP contribution is 2.47. The van der Waals surface area contributed by atoms with Crippen molar-refractivity contribution in [3.05, 3.63) is 212 Å². The summed E-state index contributed by atoms with van der Waals surface area (Å²) in [6.07, 6.45) is 0. The topological polar surface area (TPSA) is 15.7 Å². The van der Waals surface area contributed by atoms with Crippen molar-refractivity contribution in [1.82, 2.24) is 0 Å². The number of para-hydroxylation sites is 2. The minimum absolute atomic E-state index is 0.00449. The van der Waals surface area contributed by atoms with E-state index < -0.39 is 0 Å². The molecule has 276 valence electrons. The van der Waals surface area contributed by atoms with Gasteiger partial charge in [-0.25, -0.2) is 0 Å². The van der Waals surface area contributed by atoms with Crippen molar-refractivity contribution < 1.29 is 4.74 Å². The van der Waals surface area contributed by atoms with Crippen molar-refractivity contribution in [3.63, 3.8) is 0 Å². The van der Waals surface area contributed by atoms with Crippen LogP contribution in [0.2, 0.25) is 0 Å². The van der Waals surface area contributed by atoms with Crippen molar-refractivity contribution in [2.24, 2.45) is 0 Å². The zero-order chi connectivity index (χ0) is 38.9. The molecule has 0 N–H and O–H groups in total. The molecule has 1 aromatic heterocycles. The lowest BCUT2D eigenvalue weighted by atomic mass is 9.34. The van der Waals surface area contributed by atoms with Crippen LogP contribution in [0.4, 0.5) is 34.1 Å². The van der Waals surface area contributed by atoms with Crippen LogP contribution in [0.3, 0.4) is 0 Å². The first kappa shape index (κ1) is 33.8. The summed E-state index contributed by atoms with van der Waals surface area (Å²) in [4.78, 5) is 4.78. The summed E-state index contributed by atoms with van der Waals surface area (Å²) < 4.78 is 9.55. The summed E-state index contributed by atoms with van der Waals surface area (Å²) in [6.45, 7) is -0.00449. The number of anilines is 6. The van der Waals surface area contributed by atoms with Gasteiger partial charge in [0.2, 0.25) is 0 Å². The Morgan fingerprint density at radius 2 is 1.05 bits per heavy atom. The molecule has 0 fully saturated rings. The molecule has 2 aliphatic heterocycles. The average Bonchev–Trinajstić information content (AvgIpc) is 3.69. The maximum absolute atomic E-state index is 7.14. The van der Waals surface area contributed by atoms with Crippen LogP contribution in [-0.2, 0) is 0 Å². The van der Waals surface area contributed by atoms with Gasteiger partial charge in [-0.15, -0.1) is 11.3 Å². The predicted molar refractivity (Wildman–Crippen MR) is 251 cm³/mol. The molecule has 0 aliphatic carbocycles. The van der Waals surface area contributed by atoms with Gasteiger partial charge in [0.25, 0.3) is 6.71 Å². The van der Waals surface area contributed by atoms with Crippen molar-refractivity contribution in [1.29, 1.82) is 0 Å². The van der Waals surface area contributed by atoms with Gasteiger partial charge in [0, 0.05) is 49.6 Å². The number of benzene rings is 9. The molecule has 10 aromatic rings. The quantitative estimate of drug-likeness (QED) is 0.157. The number of rotatable bonds is 6. The predicted octanol–water partition coefficient (Wildman–Crippen LogP) is 13.3. The van der Waals surface area contributed by atoms with E-state index in [9.17, 15) is 0 Å². The first-order chi connectivity index (χ1) is 29.3. The van der Waals surface area contributed by atoms with Crippen LogP contribution >= 0.6 is 11.3 Å². The smallest absolute Gasteiger partial charge is 0.256 e. The van der Waals surface area contributed by atoms with Gasteiger partial charge < -0.3 is 14.5 Å². The second-order valence-corrected chi connectivity index (χ2v) is 16.3. The lowest BCUT2D eigenvalue weighted by molar-refractivity contribution is 0.494. The van der Waals surface area contributed by atoms with Gasteiger partial charge in [0.1, 0.15) is 11.5 Å². The fraction of sp³-hybridized carbons (Fsp3) is 0. The van der Waals surface area contributed by atoms with Crippen LogP contribution in [0.5, 0.6) is 11.5 Å². The Hall–Kier alpha value is -7.34. The molecule has 0 radical (unpaired) electrons. The Morgan fingerprint density at radius 1 is 0.441 bits per heavy atom. The maximum Gasteiger partial charge on any atom is 0.256 e. The highest BCUT2D eigenvalue weighted by Gasteiger charge is 2.42. The van der Waals surface area contributed by atoms with Crippen LogP contribution in [0.25, 0.3) is 42.4 Å². The van der Waals surface area contributed by atoms with Gasteiger partial charge in [-0.05, 0) is 105 Å². The van der Waals surface area contributed by atoms with Crippen LogP contribution in [0.15, 0.2) is 212 Å². The highest BCUT2D eigenvalue weighted by molar-refractivity contribution is 7.26. The van der Waals surface area contributed by atoms with E-state index in [1.165, 1.54) is 64.5 Å². The number of fused-ring (bicyclic) bond motifs is 8. The number of hydrogen-bond acceptors (Lipinski definition) is 4. The van der Waals surface area contributed by atoms with Crippen LogP contribution in [0.1, 0.15) is 0 Å². The Bertz CT molecular complexity index is 3170. The lowest BCUT2D eigenvalue weighted by Crippen LogP contribution is -2.59. The van der Waals surface area contributed by atoms with E-state index in [2.05, 4.69) is 222 Å². The summed E-state index contributed by atoms with van der Waals surface area (Å²) in [5.74, 6) is 1.87. The summed E-state index contributed by atoms with van der Waals surface area (Å²) in [7, 11) is 0. The minimum atomic E-state index is -0.00449. The molecule has 9 aromatic carbocycles. The van der Waals surface area contributed by atoms with Gasteiger partial charge in [-0.2, -0.15) is 0 Å². The van der Waals surface area contributed by atoms with E-state index in [0.717, 1.165) is 39.9 Å². The molecule has 5 heteroatoms. The third-order valence-corrected chi connectivity index (χ3v) is 13.1. The van der Waals surface area contributed by atoms with Crippen LogP contribution in [-0.4, -0.2) is 6.71 Å². The zero-order valence-corrected chi connectivity index (χ0v) is 32.8. The Labute approximate surface area is 347 Å². The van der Waals surface area contributed by atoms with E-state index >= 15 is 0 Å². The molecule has 0 unspecified atom stereocenters. The Balaban J connectivity index is 1.04. The van der Waals surface area contributed by atoms with Gasteiger partial charge in [0.15, 0.2) is 0 Å². The second kappa shape index (κ2) is 13.7. The third kappa shape index (κ3) is 5.50. The first-order valence-electron chi connectivity index (χ1n) is 20.1. The van der Waals surface area contributed by atoms with E-state index in [0.29, 0.717) is 0 Å². The summed E-state index contributed by atoms with van der Waals surface area (Å²) in [5.41, 5.74) is 15.3. The molecular weight excluding hydrogens is 735 g/mol. The monoisotopic (exact) mass is 770 g/mol. The molecule has 12 rings (SSSR count). The fourth-order valence-electron chi connectivity index (χ4n) is 9.24. The zero-order valence-electron chi connectivity index (χ0n) is 32.0. The van der Waals surface area contributed by atoms with Crippen LogP contribution in [0, 0.1) is 0 Å². The molecule has 2 aliphatic rings. The van der Waals surface area contributed by atoms with E-state index in [4.69, 9.17) is 4.74 Å². The largest absolute Gasteiger partial charge is 0.457 e. The van der Waals surface area contributed by atoms with E-state index in [-0.39, 0.29) is 6.71 Å². The molecule has 0 spiro atoms. The molecule has 0 saturated carbocycles. The van der Waals surface area contributed by atoms with Crippen molar-refractivity contribution >= 4 is 88.7 Å². The van der Waals surface area contributed by atoms with Crippen molar-refractivity contribution in [2.75, 3.05) is 9.80 Å². The van der Waals surface area contributed by atoms with Gasteiger partial charge in [0.05, 0.1) is 4.70 Å². The molecular formula is C54H35BN2OS. The van der Waals surface area contributed by atoms with Crippen LogP contribution < -0.4 is 30.9 Å². The molecule has 3 heterocycles. The number of thiophene rings is 1. The second-order valence-electron chi connectivity index (χ2n) is 15.3. The minimum Gasteiger partial charge on any atom is -0.457 e. The Kier molecular flexibility index (Phi) is 7.82. The maximum atomic E-state index is 7.14. The SMILES string of the molecule is c1ccc(-c2cccc(N3c4cc(-c5ccccc5)ccc4B4c5ccc6c(sc7cc(N(c8ccccc8)c8ccccc8)ccc76)c5Oc5cccc3c54)c2)cc1. The summed E-state index contributed by atoms with van der Waals surface area (Å²) >= 11 is 1.82. The molecule has 0 amide bonds. The number of nitrogens with zero attached hydrogens (tertiary/aromatic N) is 2. The number of hydrogen-bond donors (Lipinski definition) is 0. The highest BCUT2D eigenvalue weighted by atomic mass is 32.1. The molecule has 0 saturated heterocycles. The molecule has 59 heavy (non-hydrogen) atoms. The van der Waals surface area contributed by atoms with Crippen molar-refractivity contribution in [3.8, 4) is 33.8 Å².